The van der Waals surface area contributed by atoms with Gasteiger partial charge < -0.3 is 9.88 Å². The zero-order valence-corrected chi connectivity index (χ0v) is 16.0. The monoisotopic (exact) mass is 367 g/mol. The molecule has 0 unspecified atom stereocenters. The Labute approximate surface area is 156 Å². The maximum Gasteiger partial charge on any atom is 0.263 e. The van der Waals surface area contributed by atoms with Gasteiger partial charge in [-0.25, -0.2) is 4.98 Å². The predicted molar refractivity (Wildman–Crippen MR) is 101 cm³/mol. The number of amides is 1. The molecule has 3 heterocycles. The maximum absolute atomic E-state index is 12.6. The summed E-state index contributed by atoms with van der Waals surface area (Å²) in [6.07, 6.45) is 2.06. The third kappa shape index (κ3) is 3.03. The van der Waals surface area contributed by atoms with Crippen LogP contribution in [-0.4, -0.2) is 25.7 Å². The molecule has 2 aromatic heterocycles. The van der Waals surface area contributed by atoms with Crippen molar-refractivity contribution in [2.45, 2.75) is 46.7 Å². The van der Waals surface area contributed by atoms with Gasteiger partial charge in [0.05, 0.1) is 12.2 Å². The lowest BCUT2D eigenvalue weighted by molar-refractivity contribution is 0.0952. The molecule has 1 N–H and O–H groups in total. The lowest BCUT2D eigenvalue weighted by Crippen LogP contribution is -2.24. The van der Waals surface area contributed by atoms with E-state index in [0.717, 1.165) is 47.3 Å². The second kappa shape index (κ2) is 6.64. The van der Waals surface area contributed by atoms with Gasteiger partial charge in [0.25, 0.3) is 5.91 Å². The molecule has 0 bridgehead atoms. The number of hydrogen-bond acceptors (Lipinski definition) is 5. The normalized spacial score (nSPS) is 13.0. The van der Waals surface area contributed by atoms with Crippen LogP contribution in [0.3, 0.4) is 0 Å². The summed E-state index contributed by atoms with van der Waals surface area (Å²) in [5, 5.41) is 12.2. The van der Waals surface area contributed by atoms with Gasteiger partial charge in [-0.05, 0) is 32.8 Å². The molecule has 0 aliphatic carbocycles. The molecule has 1 aliphatic heterocycles. The molecule has 1 aromatic carbocycles. The van der Waals surface area contributed by atoms with Crippen molar-refractivity contribution < 1.29 is 4.79 Å². The molecule has 0 atom stereocenters. The molecule has 6 nitrogen and oxygen atoms in total. The Hall–Kier alpha value is -2.54. The Morgan fingerprint density at radius 2 is 2.12 bits per heavy atom. The molecule has 3 aromatic rings. The first-order chi connectivity index (χ1) is 12.5. The van der Waals surface area contributed by atoms with Gasteiger partial charge in [0, 0.05) is 18.5 Å². The highest BCUT2D eigenvalue weighted by Gasteiger charge is 2.20. The molecule has 26 heavy (non-hydrogen) atoms. The van der Waals surface area contributed by atoms with Gasteiger partial charge in [-0.2, -0.15) is 0 Å². The number of fused-ring (bicyclic) bond motifs is 1. The summed E-state index contributed by atoms with van der Waals surface area (Å²) in [5.74, 6) is 1.73. The quantitative estimate of drug-likeness (QED) is 0.768. The summed E-state index contributed by atoms with van der Waals surface area (Å²) in [6.45, 7) is 7.36. The van der Waals surface area contributed by atoms with Crippen LogP contribution in [0.1, 0.15) is 44.6 Å². The van der Waals surface area contributed by atoms with E-state index in [2.05, 4.69) is 57.1 Å². The van der Waals surface area contributed by atoms with E-state index in [9.17, 15) is 4.79 Å². The Morgan fingerprint density at radius 3 is 2.92 bits per heavy atom. The van der Waals surface area contributed by atoms with Crippen LogP contribution in [-0.2, 0) is 19.5 Å². The number of hydrogen-bond donors (Lipinski definition) is 1. The molecule has 1 aliphatic rings. The summed E-state index contributed by atoms with van der Waals surface area (Å²) >= 11 is 1.44. The fraction of sp³-hybridized carbons (Fsp3) is 0.368. The van der Waals surface area contributed by atoms with Gasteiger partial charge >= 0.3 is 0 Å². The molecular weight excluding hydrogens is 346 g/mol. The fourth-order valence-corrected chi connectivity index (χ4v) is 4.43. The average Bonchev–Trinajstić information content (AvgIpc) is 3.28. The fourth-order valence-electron chi connectivity index (χ4n) is 3.36. The maximum atomic E-state index is 12.6. The van der Waals surface area contributed by atoms with Crippen LogP contribution in [0.4, 0.5) is 0 Å². The minimum atomic E-state index is -0.105. The second-order valence-electron chi connectivity index (χ2n) is 6.72. The van der Waals surface area contributed by atoms with Crippen molar-refractivity contribution in [2.75, 3.05) is 0 Å². The Kier molecular flexibility index (Phi) is 4.32. The largest absolute Gasteiger partial charge is 0.344 e. The number of aryl methyl sites for hydroxylation is 4. The first kappa shape index (κ1) is 16.9. The second-order valence-corrected chi connectivity index (χ2v) is 7.72. The molecule has 0 saturated heterocycles. The van der Waals surface area contributed by atoms with E-state index in [4.69, 9.17) is 0 Å². The summed E-state index contributed by atoms with van der Waals surface area (Å²) in [6, 6.07) is 6.28. The van der Waals surface area contributed by atoms with E-state index in [1.165, 1.54) is 22.5 Å². The third-order valence-electron chi connectivity index (χ3n) is 4.71. The van der Waals surface area contributed by atoms with Gasteiger partial charge in [-0.15, -0.1) is 21.5 Å². The summed E-state index contributed by atoms with van der Waals surface area (Å²) < 4.78 is 2.10. The third-order valence-corrected chi connectivity index (χ3v) is 5.90. The van der Waals surface area contributed by atoms with Crippen LogP contribution in [0.5, 0.6) is 0 Å². The first-order valence-electron chi connectivity index (χ1n) is 8.77. The Morgan fingerprint density at radius 1 is 1.27 bits per heavy atom. The SMILES string of the molecule is Cc1ccc(-c2nc(C)c(C(=O)NCc3nnc4n3CCC4)s2)c(C)c1. The van der Waals surface area contributed by atoms with Gasteiger partial charge in [-0.1, -0.05) is 23.8 Å². The lowest BCUT2D eigenvalue weighted by Gasteiger charge is -2.05. The van der Waals surface area contributed by atoms with E-state index < -0.39 is 0 Å². The van der Waals surface area contributed by atoms with Gasteiger partial charge in [0.1, 0.15) is 15.7 Å². The number of carbonyl (C=O) groups excluding carboxylic acids is 1. The van der Waals surface area contributed by atoms with E-state index in [0.29, 0.717) is 11.4 Å². The van der Waals surface area contributed by atoms with Gasteiger partial charge in [0.15, 0.2) is 5.82 Å². The van der Waals surface area contributed by atoms with Crippen molar-refractivity contribution in [3.05, 3.63) is 51.5 Å². The predicted octanol–water partition coefficient (Wildman–Crippen LogP) is 3.20. The number of carbonyl (C=O) groups is 1. The Balaban J connectivity index is 1.52. The highest BCUT2D eigenvalue weighted by molar-refractivity contribution is 7.17. The van der Waals surface area contributed by atoms with Crippen LogP contribution in [0, 0.1) is 20.8 Å². The van der Waals surface area contributed by atoms with E-state index in [1.807, 2.05) is 6.92 Å². The lowest BCUT2D eigenvalue weighted by atomic mass is 10.1. The topological polar surface area (TPSA) is 72.7 Å². The van der Waals surface area contributed by atoms with Crippen LogP contribution in [0.2, 0.25) is 0 Å². The summed E-state index contributed by atoms with van der Waals surface area (Å²) in [5.41, 5.74) is 4.23. The average molecular weight is 367 g/mol. The van der Waals surface area contributed by atoms with E-state index >= 15 is 0 Å². The highest BCUT2D eigenvalue weighted by atomic mass is 32.1. The molecule has 0 fully saturated rings. The minimum Gasteiger partial charge on any atom is -0.344 e. The van der Waals surface area contributed by atoms with Crippen LogP contribution in [0.25, 0.3) is 10.6 Å². The summed E-state index contributed by atoms with van der Waals surface area (Å²) in [4.78, 5) is 17.9. The smallest absolute Gasteiger partial charge is 0.263 e. The molecule has 7 heteroatoms. The number of aromatic nitrogens is 4. The first-order valence-corrected chi connectivity index (χ1v) is 9.59. The Bertz CT molecular complexity index is 988. The van der Waals surface area contributed by atoms with Crippen molar-refractivity contribution in [3.8, 4) is 10.6 Å². The molecule has 1 amide bonds. The molecule has 0 saturated carbocycles. The van der Waals surface area contributed by atoms with Gasteiger partial charge in [0.2, 0.25) is 0 Å². The van der Waals surface area contributed by atoms with E-state index in [-0.39, 0.29) is 5.91 Å². The molecule has 0 spiro atoms. The van der Waals surface area contributed by atoms with Crippen LogP contribution < -0.4 is 5.32 Å². The van der Waals surface area contributed by atoms with E-state index in [1.54, 1.807) is 0 Å². The minimum absolute atomic E-state index is 0.105. The zero-order chi connectivity index (χ0) is 18.3. The van der Waals surface area contributed by atoms with Crippen molar-refractivity contribution in [1.29, 1.82) is 0 Å². The standard InChI is InChI=1S/C19H21N5OS/c1-11-6-7-14(12(2)9-11)19-21-13(3)17(26-19)18(25)20-10-16-23-22-15-5-4-8-24(15)16/h6-7,9H,4-5,8,10H2,1-3H3,(H,20,25). The molecular formula is C19H21N5OS. The van der Waals surface area contributed by atoms with Crippen molar-refractivity contribution in [2.24, 2.45) is 0 Å². The molecule has 134 valence electrons. The van der Waals surface area contributed by atoms with Crippen LogP contribution >= 0.6 is 11.3 Å². The number of nitrogens with one attached hydrogen (secondary N) is 1. The summed E-state index contributed by atoms with van der Waals surface area (Å²) in [7, 11) is 0. The van der Waals surface area contributed by atoms with Crippen molar-refractivity contribution in [1.82, 2.24) is 25.1 Å². The molecule has 4 rings (SSSR count). The van der Waals surface area contributed by atoms with Gasteiger partial charge in [-0.3, -0.25) is 4.79 Å². The highest BCUT2D eigenvalue weighted by Crippen LogP contribution is 2.30. The van der Waals surface area contributed by atoms with Crippen molar-refractivity contribution in [3.63, 3.8) is 0 Å². The number of thiazole rings is 1. The number of benzene rings is 1. The number of rotatable bonds is 4. The number of nitrogens with zero attached hydrogens (tertiary/aromatic N) is 4. The zero-order valence-electron chi connectivity index (χ0n) is 15.2. The molecule has 0 radical (unpaired) electrons. The van der Waals surface area contributed by atoms with Crippen molar-refractivity contribution >= 4 is 17.2 Å². The van der Waals surface area contributed by atoms with Crippen LogP contribution in [0.15, 0.2) is 18.2 Å².